The van der Waals surface area contributed by atoms with Crippen LogP contribution in [0.4, 0.5) is 23.3 Å². The van der Waals surface area contributed by atoms with Gasteiger partial charge in [0.1, 0.15) is 5.00 Å². The molecule has 0 aliphatic carbocycles. The van der Waals surface area contributed by atoms with Gasteiger partial charge in [-0.3, -0.25) is 10.1 Å². The van der Waals surface area contributed by atoms with Crippen molar-refractivity contribution in [3.05, 3.63) is 41.6 Å². The molecule has 0 fully saturated rings. The fourth-order valence-corrected chi connectivity index (χ4v) is 2.54. The molecule has 0 radical (unpaired) electrons. The highest BCUT2D eigenvalue weighted by Crippen LogP contribution is 2.32. The van der Waals surface area contributed by atoms with Gasteiger partial charge in [0.05, 0.1) is 40.2 Å². The lowest BCUT2D eigenvalue weighted by molar-refractivity contribution is -0.137. The van der Waals surface area contributed by atoms with E-state index >= 15 is 0 Å². The molecule has 9 heteroatoms. The van der Waals surface area contributed by atoms with E-state index in [2.05, 4.69) is 13.8 Å². The summed E-state index contributed by atoms with van der Waals surface area (Å²) in [6.45, 7) is 0. The van der Waals surface area contributed by atoms with Crippen molar-refractivity contribution in [2.45, 2.75) is 6.18 Å². The van der Waals surface area contributed by atoms with Gasteiger partial charge in [-0.05, 0) is 12.1 Å². The summed E-state index contributed by atoms with van der Waals surface area (Å²) in [5.41, 5.74) is -1.40. The van der Waals surface area contributed by atoms with E-state index in [0.717, 1.165) is 23.5 Å². The van der Waals surface area contributed by atoms with Crippen molar-refractivity contribution in [1.29, 1.82) is 0 Å². The number of nitrogens with one attached hydrogen (secondary N) is 2. The zero-order valence-corrected chi connectivity index (χ0v) is 12.6. The number of amides is 1. The lowest BCUT2D eigenvalue weighted by Crippen LogP contribution is -2.18. The molecule has 0 aliphatic rings. The molecule has 2 rings (SSSR count). The Kier molecular flexibility index (Phi) is 4.48. The van der Waals surface area contributed by atoms with E-state index in [1.807, 2.05) is 22.9 Å². The number of anilines is 2. The molecule has 106 valence electrons. The molecule has 2 N–H and O–H groups in total. The number of rotatable bonds is 3. The van der Waals surface area contributed by atoms with Gasteiger partial charge < -0.3 is 3.53 Å². The van der Waals surface area contributed by atoms with Crippen molar-refractivity contribution >= 4 is 50.2 Å². The summed E-state index contributed by atoms with van der Waals surface area (Å²) in [7, 11) is 0. The topological polar surface area (TPSA) is 54.0 Å². The van der Waals surface area contributed by atoms with Crippen LogP contribution in [0, 0.1) is 0 Å². The largest absolute Gasteiger partial charge is 0.417 e. The number of aromatic nitrogens is 1. The van der Waals surface area contributed by atoms with Crippen molar-refractivity contribution in [3.63, 3.8) is 0 Å². The highest BCUT2D eigenvalue weighted by Gasteiger charge is 2.34. The fourth-order valence-electron chi connectivity index (χ4n) is 1.47. The smallest absolute Gasteiger partial charge is 0.319 e. The number of benzene rings is 1. The summed E-state index contributed by atoms with van der Waals surface area (Å²) in [5, 5.41) is 3.26. The Hall–Kier alpha value is -1.36. The second-order valence-electron chi connectivity index (χ2n) is 3.62. The molecule has 1 heterocycles. The van der Waals surface area contributed by atoms with Gasteiger partial charge in [-0.2, -0.15) is 13.2 Å². The van der Waals surface area contributed by atoms with Crippen LogP contribution in [-0.2, 0) is 6.18 Å². The highest BCUT2D eigenvalue weighted by atomic mass is 127. The molecule has 1 aromatic carbocycles. The molecule has 0 atom stereocenters. The summed E-state index contributed by atoms with van der Waals surface area (Å²) in [4.78, 5) is 15.8. The Balaban J connectivity index is 2.25. The van der Waals surface area contributed by atoms with Gasteiger partial charge in [-0.1, -0.05) is 23.5 Å². The van der Waals surface area contributed by atoms with E-state index in [4.69, 9.17) is 0 Å². The normalized spacial score (nSPS) is 11.2. The Morgan fingerprint density at radius 2 is 2.00 bits per heavy atom. The number of alkyl halides is 3. The molecule has 20 heavy (non-hydrogen) atoms. The Morgan fingerprint density at radius 3 is 2.60 bits per heavy atom. The average Bonchev–Trinajstić information content (AvgIpc) is 2.85. The zero-order chi connectivity index (χ0) is 14.8. The van der Waals surface area contributed by atoms with Crippen LogP contribution < -0.4 is 8.85 Å². The van der Waals surface area contributed by atoms with Gasteiger partial charge >= 0.3 is 6.18 Å². The maximum absolute atomic E-state index is 12.8. The first-order valence-corrected chi connectivity index (χ1v) is 7.11. The Bertz CT molecular complexity index is 629. The maximum atomic E-state index is 12.8. The average molecular weight is 413 g/mol. The summed E-state index contributed by atoms with van der Waals surface area (Å²) >= 11 is 3.01. The van der Waals surface area contributed by atoms with Crippen molar-refractivity contribution in [1.82, 2.24) is 4.98 Å². The first-order chi connectivity index (χ1) is 9.41. The van der Waals surface area contributed by atoms with Gasteiger partial charge in [0.2, 0.25) is 0 Å². The first kappa shape index (κ1) is 15.0. The van der Waals surface area contributed by atoms with E-state index in [-0.39, 0.29) is 5.13 Å². The molecule has 0 unspecified atom stereocenters. The van der Waals surface area contributed by atoms with Crippen LogP contribution >= 0.6 is 34.2 Å². The molecule has 0 aliphatic heterocycles. The number of carbonyl (C=O) groups is 1. The molecular weight excluding hydrogens is 406 g/mol. The quantitative estimate of drug-likeness (QED) is 0.587. The van der Waals surface area contributed by atoms with Crippen LogP contribution in [-0.4, -0.2) is 10.9 Å². The first-order valence-electron chi connectivity index (χ1n) is 5.22. The van der Waals surface area contributed by atoms with Gasteiger partial charge in [0.15, 0.2) is 5.13 Å². The van der Waals surface area contributed by atoms with Crippen LogP contribution in [0.2, 0.25) is 0 Å². The molecule has 0 bridgehead atoms. The van der Waals surface area contributed by atoms with E-state index in [0.29, 0.717) is 5.00 Å². The third kappa shape index (κ3) is 3.39. The molecular formula is C11H7F3IN3OS. The van der Waals surface area contributed by atoms with E-state index in [1.165, 1.54) is 18.3 Å². The predicted octanol–water partition coefficient (Wildman–Crippen LogP) is 4.18. The van der Waals surface area contributed by atoms with Crippen LogP contribution in [0.25, 0.3) is 0 Å². The predicted molar refractivity (Wildman–Crippen MR) is 79.2 cm³/mol. The minimum absolute atomic E-state index is 0.228. The summed E-state index contributed by atoms with van der Waals surface area (Å²) < 4.78 is 41.2. The second-order valence-corrected chi connectivity index (χ2v) is 5.19. The molecule has 1 amide bonds. The number of nitrogens with zero attached hydrogens (tertiary/aromatic N) is 1. The standard InChI is InChI=1S/C11H7F3IN3OS/c12-11(13,14)7-4-2-1-3-6(7)9(19)17-10-16-5-8(18-15)20-10/h1-5,18H,(H,16,17,19). The van der Waals surface area contributed by atoms with Crippen molar-refractivity contribution in [3.8, 4) is 0 Å². The second kappa shape index (κ2) is 5.95. The van der Waals surface area contributed by atoms with Crippen LogP contribution in [0.5, 0.6) is 0 Å². The fraction of sp³-hybridized carbons (Fsp3) is 0.0909. The third-order valence-corrected chi connectivity index (χ3v) is 4.07. The monoisotopic (exact) mass is 413 g/mol. The van der Waals surface area contributed by atoms with E-state index < -0.39 is 23.2 Å². The van der Waals surface area contributed by atoms with E-state index in [9.17, 15) is 18.0 Å². The number of hydrogen-bond acceptors (Lipinski definition) is 4. The van der Waals surface area contributed by atoms with Crippen LogP contribution in [0.3, 0.4) is 0 Å². The summed E-state index contributed by atoms with van der Waals surface area (Å²) in [6, 6.07) is 4.61. The number of carbonyl (C=O) groups excluding carboxylic acids is 1. The van der Waals surface area contributed by atoms with Gasteiger partial charge in [0, 0.05) is 0 Å². The third-order valence-electron chi connectivity index (χ3n) is 2.30. The van der Waals surface area contributed by atoms with Crippen LogP contribution in [0.1, 0.15) is 15.9 Å². The van der Waals surface area contributed by atoms with Crippen molar-refractivity contribution in [2.75, 3.05) is 8.85 Å². The molecule has 0 saturated heterocycles. The van der Waals surface area contributed by atoms with E-state index in [1.54, 1.807) is 0 Å². The SMILES string of the molecule is O=C(Nc1ncc(NI)s1)c1ccccc1C(F)(F)F. The maximum Gasteiger partial charge on any atom is 0.417 e. The number of halogens is 4. The van der Waals surface area contributed by atoms with Crippen molar-refractivity contribution in [2.24, 2.45) is 0 Å². The van der Waals surface area contributed by atoms with Gasteiger partial charge in [-0.15, -0.1) is 0 Å². The minimum Gasteiger partial charge on any atom is -0.319 e. The highest BCUT2D eigenvalue weighted by molar-refractivity contribution is 14.1. The molecule has 0 spiro atoms. The number of thiazole rings is 1. The molecule has 0 saturated carbocycles. The lowest BCUT2D eigenvalue weighted by atomic mass is 10.1. The molecule has 1 aromatic heterocycles. The van der Waals surface area contributed by atoms with Crippen LogP contribution in [0.15, 0.2) is 30.5 Å². The Morgan fingerprint density at radius 1 is 1.30 bits per heavy atom. The summed E-state index contributed by atoms with van der Waals surface area (Å²) in [6.07, 6.45) is -3.10. The summed E-state index contributed by atoms with van der Waals surface area (Å²) in [5.74, 6) is -0.840. The zero-order valence-electron chi connectivity index (χ0n) is 9.66. The Labute approximate surface area is 129 Å². The van der Waals surface area contributed by atoms with Gasteiger partial charge in [0.25, 0.3) is 5.91 Å². The lowest BCUT2D eigenvalue weighted by Gasteiger charge is -2.11. The van der Waals surface area contributed by atoms with Crippen molar-refractivity contribution < 1.29 is 18.0 Å². The molecule has 4 nitrogen and oxygen atoms in total. The molecule has 2 aromatic rings. The minimum atomic E-state index is -4.58. The van der Waals surface area contributed by atoms with Gasteiger partial charge in [-0.25, -0.2) is 4.98 Å². The number of hydrogen-bond donors (Lipinski definition) is 2.